The lowest BCUT2D eigenvalue weighted by Gasteiger charge is -1.55. The Morgan fingerprint density at radius 1 is 1.43 bits per heavy atom. The van der Waals surface area contributed by atoms with Crippen LogP contribution in [-0.4, -0.2) is 7.54 Å². The minimum absolute atomic E-state index is 1.75. The molecule has 0 aromatic heterocycles. The predicted octanol–water partition coefficient (Wildman–Crippen LogP) is -0.242. The quantitative estimate of drug-likeness (QED) is 0.189. The van der Waals surface area contributed by atoms with E-state index in [1.807, 2.05) is 0 Å². The van der Waals surface area contributed by atoms with Gasteiger partial charge in [-0.15, -0.1) is 0 Å². The molecule has 0 N–H and O–H groups in total. The first-order chi connectivity index (χ1) is 3.15. The van der Waals surface area contributed by atoms with E-state index in [1.165, 1.54) is 0 Å². The minimum atomic E-state index is -3.67. The predicted molar refractivity (Wildman–Crippen MR) is 15.8 cm³/mol. The molecule has 0 bridgehead atoms. The van der Waals surface area contributed by atoms with Crippen molar-refractivity contribution in [3.63, 3.8) is 0 Å². The van der Waals surface area contributed by atoms with Crippen molar-refractivity contribution in [2.24, 2.45) is 0 Å². The Morgan fingerprint density at radius 3 is 1.43 bits per heavy atom. The lowest BCUT2D eigenvalue weighted by Crippen LogP contribution is -1.82. The van der Waals surface area contributed by atoms with Crippen LogP contribution < -0.4 is 5.26 Å². The van der Waals surface area contributed by atoms with Crippen LogP contribution in [0.5, 0.6) is 0 Å². The number of rotatable bonds is 0. The Morgan fingerprint density at radius 2 is 1.43 bits per heavy atom. The van der Waals surface area contributed by atoms with Gasteiger partial charge in [-0.1, -0.05) is 10.2 Å². The molecule has 7 heteroatoms. The molecule has 3 nitrogen and oxygen atoms in total. The number of hydrogen-bond acceptors (Lipinski definition) is 2. The van der Waals surface area contributed by atoms with Crippen molar-refractivity contribution in [1.82, 2.24) is 0 Å². The molecule has 42 valence electrons. The molecular formula is BF3O3. The van der Waals surface area contributed by atoms with Crippen LogP contribution in [0.15, 0.2) is 0 Å². The lowest BCUT2D eigenvalue weighted by molar-refractivity contribution is -0.284. The van der Waals surface area contributed by atoms with E-state index in [0.717, 1.165) is 0 Å². The highest BCUT2D eigenvalue weighted by molar-refractivity contribution is 6.33. The zero-order chi connectivity index (χ0) is 6.28. The fraction of sp³-hybridized carbons (Fsp3) is 0. The molecule has 0 saturated carbocycles. The van der Waals surface area contributed by atoms with Crippen LogP contribution in [0.2, 0.25) is 0 Å². The number of halogens is 3. The van der Waals surface area contributed by atoms with E-state index in [1.54, 1.807) is 4.75 Å². The summed E-state index contributed by atoms with van der Waals surface area (Å²) in [6.45, 7) is 0. The maximum Gasteiger partial charge on any atom is 0.762 e. The average molecular weight is 116 g/mol. The molecule has 0 rings (SSSR count). The second-order valence-electron chi connectivity index (χ2n) is 0.315. The summed E-state index contributed by atoms with van der Waals surface area (Å²) in [5.74, 6) is 0. The lowest BCUT2D eigenvalue weighted by atomic mass is 10.5. The zero-order valence-corrected chi connectivity index (χ0v) is 2.94. The van der Waals surface area contributed by atoms with Gasteiger partial charge in [-0.3, -0.25) is 12.9 Å². The van der Waals surface area contributed by atoms with Crippen molar-refractivity contribution in [2.75, 3.05) is 0 Å². The van der Waals surface area contributed by atoms with Gasteiger partial charge >= 0.3 is 7.54 Å². The van der Waals surface area contributed by atoms with Gasteiger partial charge < -0.3 is 0 Å². The third-order valence-corrected chi connectivity index (χ3v) is 0. The molecule has 7 heavy (non-hydrogen) atoms. The number of hydrogen-bond donors (Lipinski definition) is 0. The van der Waals surface area contributed by atoms with Crippen LogP contribution in [0, 0.1) is 9.71 Å². The summed E-state index contributed by atoms with van der Waals surface area (Å²) in [4.78, 5) is 7.88. The highest BCUT2D eigenvalue weighted by atomic mass is 19.4. The summed E-state index contributed by atoms with van der Waals surface area (Å²) in [5, 5.41) is 7.88. The van der Waals surface area contributed by atoms with Crippen molar-refractivity contribution < 1.29 is 18.2 Å². The maximum absolute atomic E-state index is 9.67. The zero-order valence-electron chi connectivity index (χ0n) is 2.94. The highest BCUT2D eigenvalue weighted by Crippen LogP contribution is 1.80. The van der Waals surface area contributed by atoms with Crippen LogP contribution >= 0.6 is 0 Å². The summed E-state index contributed by atoms with van der Waals surface area (Å²) >= 11 is 0. The molecule has 0 atom stereocenters. The van der Waals surface area contributed by atoms with Crippen molar-refractivity contribution in [2.45, 2.75) is 0 Å². The Balaban J connectivity index is 0. The topological polar surface area (TPSA) is 51.4 Å². The summed E-state index contributed by atoms with van der Waals surface area (Å²) < 4.78 is 30.8. The van der Waals surface area contributed by atoms with Gasteiger partial charge in [-0.2, -0.15) is 0 Å². The van der Waals surface area contributed by atoms with E-state index in [4.69, 9.17) is 10.2 Å². The Kier molecular flexibility index (Phi) is 12.2. The molecule has 0 fully saturated rings. The first-order valence-electron chi connectivity index (χ1n) is 0.988. The minimum Gasteiger partial charge on any atom is -0.254 e. The standard InChI is InChI=1S/BF3.O3/c2-1(3)4;1-3-2. The van der Waals surface area contributed by atoms with Gasteiger partial charge in [-0.05, 0) is 0 Å². The molecule has 0 aliphatic carbocycles. The van der Waals surface area contributed by atoms with E-state index in [9.17, 15) is 12.9 Å². The average Bonchev–Trinajstić information content (AvgIpc) is 1.33. The summed E-state index contributed by atoms with van der Waals surface area (Å²) in [6, 6.07) is 0. The molecule has 0 heterocycles. The molecule has 0 amide bonds. The fourth-order valence-corrected chi connectivity index (χ4v) is 0. The third-order valence-electron chi connectivity index (χ3n) is 0. The Hall–Kier alpha value is -0.745. The molecule has 0 aromatic carbocycles. The molecule has 0 aliphatic heterocycles. The second kappa shape index (κ2) is 8.98. The first-order valence-corrected chi connectivity index (χ1v) is 0.988. The van der Waals surface area contributed by atoms with Gasteiger partial charge in [0.25, 0.3) is 0 Å². The highest BCUT2D eigenvalue weighted by Gasteiger charge is 2.06. The van der Waals surface area contributed by atoms with Gasteiger partial charge in [-0.25, -0.2) is 0 Å². The summed E-state index contributed by atoms with van der Waals surface area (Å²) in [5.41, 5.74) is 0. The van der Waals surface area contributed by atoms with Crippen LogP contribution in [-0.2, 0) is 0 Å². The van der Waals surface area contributed by atoms with E-state index < -0.39 is 7.54 Å². The Bertz CT molecular complexity index is 34.4. The smallest absolute Gasteiger partial charge is 0.254 e. The third kappa shape index (κ3) is 100. The molecule has 0 unspecified atom stereocenters. The fourth-order valence-electron chi connectivity index (χ4n) is 0. The molecule has 0 radical (unpaired) electrons. The van der Waals surface area contributed by atoms with E-state index in [0.29, 0.717) is 0 Å². The monoisotopic (exact) mass is 116 g/mol. The largest absolute Gasteiger partial charge is 0.762 e. The molecule has 0 saturated heterocycles. The van der Waals surface area contributed by atoms with Gasteiger partial charge in [0.05, 0.1) is 0 Å². The molecule has 0 aromatic rings. The van der Waals surface area contributed by atoms with Crippen molar-refractivity contribution >= 4 is 7.54 Å². The van der Waals surface area contributed by atoms with Crippen LogP contribution in [0.1, 0.15) is 0 Å². The van der Waals surface area contributed by atoms with Gasteiger partial charge in [0.1, 0.15) is 0 Å². The maximum atomic E-state index is 9.67. The Labute approximate surface area is 36.8 Å². The second-order valence-corrected chi connectivity index (χ2v) is 0.315. The summed E-state index contributed by atoms with van der Waals surface area (Å²) in [6.07, 6.45) is 0. The van der Waals surface area contributed by atoms with Crippen molar-refractivity contribution in [3.8, 4) is 0 Å². The van der Waals surface area contributed by atoms with E-state index >= 15 is 0 Å². The van der Waals surface area contributed by atoms with Crippen LogP contribution in [0.4, 0.5) is 12.9 Å². The molecule has 0 spiro atoms. The van der Waals surface area contributed by atoms with Gasteiger partial charge in [0.15, 0.2) is 4.75 Å². The van der Waals surface area contributed by atoms with E-state index in [-0.39, 0.29) is 0 Å². The first kappa shape index (κ1) is 9.54. The van der Waals surface area contributed by atoms with E-state index in [2.05, 4.69) is 0 Å². The molecular weight excluding hydrogens is 116 g/mol. The normalized spacial score (nSPS) is 5.57. The van der Waals surface area contributed by atoms with Gasteiger partial charge in [0, 0.05) is 0 Å². The van der Waals surface area contributed by atoms with Crippen LogP contribution in [0.3, 0.4) is 0 Å². The van der Waals surface area contributed by atoms with Gasteiger partial charge in [0.2, 0.25) is 0 Å². The molecule has 0 aliphatic rings. The van der Waals surface area contributed by atoms with Crippen molar-refractivity contribution in [3.05, 3.63) is 9.71 Å². The SMILES string of the molecule is FB(F)F.O=[O+][O-]. The van der Waals surface area contributed by atoms with Crippen LogP contribution in [0.25, 0.3) is 0 Å². The van der Waals surface area contributed by atoms with Crippen molar-refractivity contribution in [1.29, 1.82) is 0 Å². The summed E-state index contributed by atoms with van der Waals surface area (Å²) in [7, 11) is -3.67.